The quantitative estimate of drug-likeness (QED) is 0.910. The Hall–Kier alpha value is -2.44. The van der Waals surface area contributed by atoms with E-state index >= 15 is 0 Å². The van der Waals surface area contributed by atoms with E-state index in [0.29, 0.717) is 31.0 Å². The Morgan fingerprint density at radius 3 is 3.00 bits per heavy atom. The van der Waals surface area contributed by atoms with Crippen LogP contribution in [0.4, 0.5) is 4.79 Å². The van der Waals surface area contributed by atoms with Gasteiger partial charge >= 0.3 is 6.09 Å². The predicted octanol–water partition coefficient (Wildman–Crippen LogP) is 1.26. The molecular formula is C15H18N2O5. The van der Waals surface area contributed by atoms with Gasteiger partial charge in [0.1, 0.15) is 6.04 Å². The molecule has 2 aliphatic heterocycles. The monoisotopic (exact) mass is 306 g/mol. The minimum absolute atomic E-state index is 0.166. The van der Waals surface area contributed by atoms with Gasteiger partial charge in [-0.05, 0) is 30.5 Å². The Morgan fingerprint density at radius 2 is 2.18 bits per heavy atom. The van der Waals surface area contributed by atoms with Crippen molar-refractivity contribution in [3.8, 4) is 11.5 Å². The average Bonchev–Trinajstić information content (AvgIpc) is 3.19. The smallest absolute Gasteiger partial charge is 0.410 e. The third-order valence-corrected chi connectivity index (χ3v) is 3.87. The fourth-order valence-corrected chi connectivity index (χ4v) is 2.73. The maximum atomic E-state index is 12.3. The summed E-state index contributed by atoms with van der Waals surface area (Å²) in [7, 11) is 1.32. The van der Waals surface area contributed by atoms with Crippen molar-refractivity contribution in [3.05, 3.63) is 23.8 Å². The molecule has 1 aromatic carbocycles. The number of carbonyl (C=O) groups excluding carboxylic acids is 2. The number of methoxy groups -OCH3 is 1. The molecule has 0 aliphatic carbocycles. The number of benzene rings is 1. The van der Waals surface area contributed by atoms with E-state index in [1.165, 1.54) is 12.0 Å². The van der Waals surface area contributed by atoms with Crippen LogP contribution in [-0.2, 0) is 16.1 Å². The lowest BCUT2D eigenvalue weighted by Gasteiger charge is -2.22. The SMILES string of the molecule is COC(=O)N1CCCC1C(=O)NCc1ccc2c(c1)OCO2. The number of fused-ring (bicyclic) bond motifs is 1. The van der Waals surface area contributed by atoms with Crippen LogP contribution in [0.1, 0.15) is 18.4 Å². The van der Waals surface area contributed by atoms with Gasteiger partial charge in [0.2, 0.25) is 12.7 Å². The highest BCUT2D eigenvalue weighted by Crippen LogP contribution is 2.32. The fraction of sp³-hybridized carbons (Fsp3) is 0.467. The first-order valence-corrected chi connectivity index (χ1v) is 7.20. The van der Waals surface area contributed by atoms with E-state index in [2.05, 4.69) is 5.32 Å². The van der Waals surface area contributed by atoms with Gasteiger partial charge in [-0.25, -0.2) is 4.79 Å². The summed E-state index contributed by atoms with van der Waals surface area (Å²) in [6, 6.07) is 5.08. The van der Waals surface area contributed by atoms with E-state index in [1.807, 2.05) is 18.2 Å². The molecule has 0 spiro atoms. The van der Waals surface area contributed by atoms with Gasteiger partial charge in [0.25, 0.3) is 0 Å². The molecule has 1 fully saturated rings. The zero-order valence-corrected chi connectivity index (χ0v) is 12.3. The Morgan fingerprint density at radius 1 is 1.36 bits per heavy atom. The maximum Gasteiger partial charge on any atom is 0.410 e. The van der Waals surface area contributed by atoms with Crippen molar-refractivity contribution < 1.29 is 23.8 Å². The zero-order valence-electron chi connectivity index (χ0n) is 12.3. The first-order chi connectivity index (χ1) is 10.7. The number of carbonyl (C=O) groups is 2. The summed E-state index contributed by atoms with van der Waals surface area (Å²) in [6.45, 7) is 1.15. The molecule has 1 atom stereocenters. The normalized spacial score (nSPS) is 19.1. The lowest BCUT2D eigenvalue weighted by molar-refractivity contribution is -0.125. The van der Waals surface area contributed by atoms with Gasteiger partial charge in [-0.1, -0.05) is 6.07 Å². The molecule has 1 unspecified atom stereocenters. The van der Waals surface area contributed by atoms with Gasteiger partial charge < -0.3 is 19.5 Å². The largest absolute Gasteiger partial charge is 0.454 e. The number of likely N-dealkylation sites (tertiary alicyclic amines) is 1. The highest BCUT2D eigenvalue weighted by Gasteiger charge is 2.34. The van der Waals surface area contributed by atoms with E-state index in [9.17, 15) is 9.59 Å². The zero-order chi connectivity index (χ0) is 15.5. The van der Waals surface area contributed by atoms with Crippen LogP contribution in [0.15, 0.2) is 18.2 Å². The lowest BCUT2D eigenvalue weighted by Crippen LogP contribution is -2.45. The number of hydrogen-bond donors (Lipinski definition) is 1. The molecule has 7 heteroatoms. The fourth-order valence-electron chi connectivity index (χ4n) is 2.73. The first-order valence-electron chi connectivity index (χ1n) is 7.20. The molecule has 3 rings (SSSR count). The molecule has 2 heterocycles. The molecule has 2 aliphatic rings. The molecule has 0 radical (unpaired) electrons. The van der Waals surface area contributed by atoms with Crippen LogP contribution < -0.4 is 14.8 Å². The standard InChI is InChI=1S/C15H18N2O5/c1-20-15(19)17-6-2-3-11(17)14(18)16-8-10-4-5-12-13(7-10)22-9-21-12/h4-5,7,11H,2-3,6,8-9H2,1H3,(H,16,18). The first kappa shape index (κ1) is 14.5. The second-order valence-corrected chi connectivity index (χ2v) is 5.23. The second-order valence-electron chi connectivity index (χ2n) is 5.23. The van der Waals surface area contributed by atoms with Crippen LogP contribution in [-0.4, -0.2) is 43.4 Å². The van der Waals surface area contributed by atoms with E-state index in [-0.39, 0.29) is 12.7 Å². The van der Waals surface area contributed by atoms with Crippen molar-refractivity contribution in [2.24, 2.45) is 0 Å². The van der Waals surface area contributed by atoms with E-state index in [4.69, 9.17) is 14.2 Å². The highest BCUT2D eigenvalue weighted by molar-refractivity contribution is 5.86. The predicted molar refractivity (Wildman–Crippen MR) is 76.5 cm³/mol. The minimum Gasteiger partial charge on any atom is -0.454 e. The third-order valence-electron chi connectivity index (χ3n) is 3.87. The van der Waals surface area contributed by atoms with Crippen LogP contribution in [0.5, 0.6) is 11.5 Å². The number of nitrogens with zero attached hydrogens (tertiary/aromatic N) is 1. The van der Waals surface area contributed by atoms with Crippen molar-refractivity contribution in [1.82, 2.24) is 10.2 Å². The van der Waals surface area contributed by atoms with Gasteiger partial charge in [-0.15, -0.1) is 0 Å². The number of nitrogens with one attached hydrogen (secondary N) is 1. The molecule has 1 aromatic rings. The molecule has 1 N–H and O–H groups in total. The van der Waals surface area contributed by atoms with Crippen molar-refractivity contribution in [2.45, 2.75) is 25.4 Å². The Bertz CT molecular complexity index is 589. The summed E-state index contributed by atoms with van der Waals surface area (Å²) in [4.78, 5) is 25.4. The van der Waals surface area contributed by atoms with Crippen molar-refractivity contribution in [2.75, 3.05) is 20.4 Å². The summed E-state index contributed by atoms with van der Waals surface area (Å²) in [5.74, 6) is 1.23. The number of rotatable bonds is 3. The number of ether oxygens (including phenoxy) is 3. The van der Waals surface area contributed by atoms with Crippen molar-refractivity contribution >= 4 is 12.0 Å². The lowest BCUT2D eigenvalue weighted by atomic mass is 10.1. The van der Waals surface area contributed by atoms with Gasteiger partial charge in [-0.3, -0.25) is 9.69 Å². The van der Waals surface area contributed by atoms with Gasteiger partial charge in [-0.2, -0.15) is 0 Å². The summed E-state index contributed by atoms with van der Waals surface area (Å²) in [6.07, 6.45) is 1.000. The van der Waals surface area contributed by atoms with Crippen LogP contribution >= 0.6 is 0 Å². The van der Waals surface area contributed by atoms with Gasteiger partial charge in [0.15, 0.2) is 11.5 Å². The van der Waals surface area contributed by atoms with Crippen LogP contribution in [0, 0.1) is 0 Å². The van der Waals surface area contributed by atoms with Crippen LogP contribution in [0.2, 0.25) is 0 Å². The van der Waals surface area contributed by atoms with E-state index < -0.39 is 12.1 Å². The molecular weight excluding hydrogens is 288 g/mol. The molecule has 0 aromatic heterocycles. The molecule has 118 valence electrons. The molecule has 22 heavy (non-hydrogen) atoms. The molecule has 7 nitrogen and oxygen atoms in total. The highest BCUT2D eigenvalue weighted by atomic mass is 16.7. The Balaban J connectivity index is 1.59. The van der Waals surface area contributed by atoms with E-state index in [0.717, 1.165) is 12.0 Å². The Kier molecular flexibility index (Phi) is 4.04. The van der Waals surface area contributed by atoms with Gasteiger partial charge in [0, 0.05) is 13.1 Å². The second kappa shape index (κ2) is 6.13. The molecule has 0 bridgehead atoms. The number of amides is 2. The summed E-state index contributed by atoms with van der Waals surface area (Å²) >= 11 is 0. The average molecular weight is 306 g/mol. The van der Waals surface area contributed by atoms with Crippen molar-refractivity contribution in [3.63, 3.8) is 0 Å². The van der Waals surface area contributed by atoms with E-state index in [1.54, 1.807) is 0 Å². The molecule has 1 saturated heterocycles. The maximum absolute atomic E-state index is 12.3. The van der Waals surface area contributed by atoms with Crippen LogP contribution in [0.25, 0.3) is 0 Å². The van der Waals surface area contributed by atoms with Crippen LogP contribution in [0.3, 0.4) is 0 Å². The third kappa shape index (κ3) is 2.79. The minimum atomic E-state index is -0.458. The molecule has 2 amide bonds. The van der Waals surface area contributed by atoms with Gasteiger partial charge in [0.05, 0.1) is 7.11 Å². The Labute approximate surface area is 128 Å². The summed E-state index contributed by atoms with van der Waals surface area (Å²) in [5, 5.41) is 2.86. The summed E-state index contributed by atoms with van der Waals surface area (Å²) < 4.78 is 15.3. The topological polar surface area (TPSA) is 77.1 Å². The van der Waals surface area contributed by atoms with Crippen molar-refractivity contribution in [1.29, 1.82) is 0 Å². The molecule has 0 saturated carbocycles. The number of hydrogen-bond acceptors (Lipinski definition) is 5. The summed E-state index contributed by atoms with van der Waals surface area (Å²) in [5.41, 5.74) is 0.917.